The number of anilines is 2. The van der Waals surface area contributed by atoms with Gasteiger partial charge in [-0.1, -0.05) is 12.1 Å². The van der Waals surface area contributed by atoms with E-state index in [0.29, 0.717) is 5.56 Å². The second kappa shape index (κ2) is 7.83. The van der Waals surface area contributed by atoms with Crippen LogP contribution in [0.4, 0.5) is 23.0 Å². The van der Waals surface area contributed by atoms with Gasteiger partial charge < -0.3 is 4.90 Å². The molecule has 0 bridgehead atoms. The van der Waals surface area contributed by atoms with E-state index in [0.717, 1.165) is 6.33 Å². The molecule has 0 spiro atoms. The first-order valence-electron chi connectivity index (χ1n) is 7.24. The summed E-state index contributed by atoms with van der Waals surface area (Å²) in [6, 6.07) is 5.48. The predicted molar refractivity (Wildman–Crippen MR) is 91.6 cm³/mol. The summed E-state index contributed by atoms with van der Waals surface area (Å²) in [5.74, 6) is -0.582. The number of nitro groups is 2. The van der Waals surface area contributed by atoms with Crippen molar-refractivity contribution >= 4 is 28.9 Å². The molecule has 26 heavy (non-hydrogen) atoms. The number of nitrogens with zero attached hydrogens (tertiary/aromatic N) is 5. The smallest absolute Gasteiger partial charge is 0.355 e. The van der Waals surface area contributed by atoms with E-state index in [1.807, 2.05) is 0 Å². The maximum absolute atomic E-state index is 12.0. The van der Waals surface area contributed by atoms with Crippen LogP contribution in [0.3, 0.4) is 0 Å². The maximum atomic E-state index is 12.0. The third-order valence-corrected chi connectivity index (χ3v) is 3.24. The lowest BCUT2D eigenvalue weighted by Gasteiger charge is -2.13. The Morgan fingerprint density at radius 3 is 2.31 bits per heavy atom. The molecule has 0 aliphatic heterocycles. The first kappa shape index (κ1) is 18.5. The van der Waals surface area contributed by atoms with E-state index in [4.69, 9.17) is 0 Å². The van der Waals surface area contributed by atoms with E-state index < -0.39 is 15.8 Å². The van der Waals surface area contributed by atoms with Crippen molar-refractivity contribution in [3.63, 3.8) is 0 Å². The minimum atomic E-state index is -0.653. The van der Waals surface area contributed by atoms with E-state index in [1.165, 1.54) is 29.2 Å². The van der Waals surface area contributed by atoms with Gasteiger partial charge in [0, 0.05) is 26.2 Å². The van der Waals surface area contributed by atoms with E-state index in [1.54, 1.807) is 14.1 Å². The van der Waals surface area contributed by atoms with Crippen LogP contribution < -0.4 is 15.8 Å². The molecule has 136 valence electrons. The molecule has 0 aliphatic carbocycles. The molecule has 1 heterocycles. The Morgan fingerprint density at radius 2 is 1.77 bits per heavy atom. The molecule has 1 aromatic carbocycles. The van der Waals surface area contributed by atoms with Crippen molar-refractivity contribution in [2.24, 2.45) is 0 Å². The van der Waals surface area contributed by atoms with Gasteiger partial charge in [0.15, 0.2) is 0 Å². The molecule has 2 aromatic rings. The summed E-state index contributed by atoms with van der Waals surface area (Å²) in [5, 5.41) is 21.9. The molecule has 12 nitrogen and oxygen atoms in total. The summed E-state index contributed by atoms with van der Waals surface area (Å²) in [6.07, 6.45) is 1.05. The molecule has 1 amide bonds. The number of nitrogens with one attached hydrogen (secondary N) is 2. The quantitative estimate of drug-likeness (QED) is 0.543. The van der Waals surface area contributed by atoms with Gasteiger partial charge in [0.1, 0.15) is 6.33 Å². The number of hydrogen-bond donors (Lipinski definition) is 2. The van der Waals surface area contributed by atoms with Crippen LogP contribution >= 0.6 is 0 Å². The molecule has 0 atom stereocenters. The van der Waals surface area contributed by atoms with Gasteiger partial charge in [-0.25, -0.2) is 9.97 Å². The molecule has 0 aliphatic rings. The number of hydrogen-bond acceptors (Lipinski definition) is 9. The van der Waals surface area contributed by atoms with Gasteiger partial charge in [0.05, 0.1) is 16.3 Å². The number of hydrazine groups is 1. The fourth-order valence-corrected chi connectivity index (χ4v) is 2.05. The van der Waals surface area contributed by atoms with Crippen LogP contribution in [0.5, 0.6) is 0 Å². The second-order valence-electron chi connectivity index (χ2n) is 5.32. The Labute approximate surface area is 147 Å². The number of carbonyl (C=O) groups is 1. The normalized spacial score (nSPS) is 10.1. The van der Waals surface area contributed by atoms with Crippen LogP contribution in [0.1, 0.15) is 5.56 Å². The molecule has 0 unspecified atom stereocenters. The van der Waals surface area contributed by atoms with Crippen LogP contribution in [0.25, 0.3) is 0 Å². The highest BCUT2D eigenvalue weighted by Gasteiger charge is 2.24. The van der Waals surface area contributed by atoms with Gasteiger partial charge in [0.2, 0.25) is 17.5 Å². The first-order chi connectivity index (χ1) is 12.3. The fraction of sp³-hybridized carbons (Fsp3) is 0.214. The minimum Gasteiger partial charge on any atom is -0.357 e. The fourth-order valence-electron chi connectivity index (χ4n) is 2.05. The zero-order valence-electron chi connectivity index (χ0n) is 13.9. The Balaban J connectivity index is 2.06. The highest BCUT2D eigenvalue weighted by atomic mass is 16.6. The largest absolute Gasteiger partial charge is 0.357 e. The monoisotopic (exact) mass is 361 g/mol. The number of aromatic nitrogens is 2. The number of amides is 1. The predicted octanol–water partition coefficient (Wildman–Crippen LogP) is 1.04. The lowest BCUT2D eigenvalue weighted by Crippen LogP contribution is -2.31. The highest BCUT2D eigenvalue weighted by Crippen LogP contribution is 2.29. The third-order valence-electron chi connectivity index (χ3n) is 3.24. The van der Waals surface area contributed by atoms with Crippen molar-refractivity contribution in [2.45, 2.75) is 6.42 Å². The molecule has 0 fully saturated rings. The summed E-state index contributed by atoms with van der Waals surface area (Å²) in [6.45, 7) is 0. The SMILES string of the molecule is CN(C)c1ncnc(NNC(=O)Cc2ccc([N+](=O)[O-])cc2)c1[N+](=O)[O-]. The van der Waals surface area contributed by atoms with Crippen molar-refractivity contribution in [1.82, 2.24) is 15.4 Å². The first-order valence-corrected chi connectivity index (χ1v) is 7.24. The average molecular weight is 361 g/mol. The van der Waals surface area contributed by atoms with Gasteiger partial charge in [0.25, 0.3) is 5.69 Å². The zero-order valence-corrected chi connectivity index (χ0v) is 13.9. The topological polar surface area (TPSA) is 156 Å². The lowest BCUT2D eigenvalue weighted by molar-refractivity contribution is -0.384. The van der Waals surface area contributed by atoms with E-state index in [2.05, 4.69) is 20.8 Å². The molecule has 0 saturated heterocycles. The van der Waals surface area contributed by atoms with Gasteiger partial charge >= 0.3 is 5.69 Å². The van der Waals surface area contributed by atoms with Gasteiger partial charge in [-0.2, -0.15) is 0 Å². The molecule has 2 N–H and O–H groups in total. The molecular weight excluding hydrogens is 346 g/mol. The summed E-state index contributed by atoms with van der Waals surface area (Å²) in [7, 11) is 3.18. The lowest BCUT2D eigenvalue weighted by atomic mass is 10.1. The maximum Gasteiger partial charge on any atom is 0.355 e. The summed E-state index contributed by atoms with van der Waals surface area (Å²) >= 11 is 0. The standard InChI is InChI=1S/C14H15N7O5/c1-19(2)14-12(21(25)26)13(15-8-16-14)18-17-11(22)7-9-3-5-10(6-4-9)20(23)24/h3-6,8H,7H2,1-2H3,(H,17,22)(H,15,16,18). The summed E-state index contributed by atoms with van der Waals surface area (Å²) in [4.78, 5) is 41.7. The molecule has 12 heteroatoms. The molecule has 2 rings (SSSR count). The third kappa shape index (κ3) is 4.37. The number of benzene rings is 1. The average Bonchev–Trinajstić information content (AvgIpc) is 2.59. The Morgan fingerprint density at radius 1 is 1.12 bits per heavy atom. The summed E-state index contributed by atoms with van der Waals surface area (Å²) < 4.78 is 0. The van der Waals surface area contributed by atoms with Crippen molar-refractivity contribution in [2.75, 3.05) is 24.4 Å². The van der Waals surface area contributed by atoms with Crippen LogP contribution in [-0.4, -0.2) is 39.8 Å². The number of non-ortho nitro benzene ring substituents is 1. The van der Waals surface area contributed by atoms with Gasteiger partial charge in [-0.15, -0.1) is 0 Å². The number of rotatable bonds is 7. The molecular formula is C14H15N7O5. The van der Waals surface area contributed by atoms with E-state index in [9.17, 15) is 25.0 Å². The molecule has 1 aromatic heterocycles. The molecule has 0 radical (unpaired) electrons. The van der Waals surface area contributed by atoms with Crippen molar-refractivity contribution < 1.29 is 14.6 Å². The Hall–Kier alpha value is -3.83. The van der Waals surface area contributed by atoms with Gasteiger partial charge in [-0.05, 0) is 5.56 Å². The van der Waals surface area contributed by atoms with Crippen molar-refractivity contribution in [1.29, 1.82) is 0 Å². The minimum absolute atomic E-state index is 0.0790. The Bertz CT molecular complexity index is 838. The van der Waals surface area contributed by atoms with Crippen molar-refractivity contribution in [3.8, 4) is 0 Å². The number of carbonyl (C=O) groups excluding carboxylic acids is 1. The summed E-state index contributed by atoms with van der Waals surface area (Å²) in [5.41, 5.74) is 4.80. The van der Waals surface area contributed by atoms with Crippen LogP contribution in [0.2, 0.25) is 0 Å². The zero-order chi connectivity index (χ0) is 19.3. The van der Waals surface area contributed by atoms with E-state index >= 15 is 0 Å². The highest BCUT2D eigenvalue weighted by molar-refractivity contribution is 5.81. The van der Waals surface area contributed by atoms with Crippen LogP contribution in [-0.2, 0) is 11.2 Å². The molecule has 0 saturated carbocycles. The van der Waals surface area contributed by atoms with Crippen molar-refractivity contribution in [3.05, 3.63) is 56.4 Å². The second-order valence-corrected chi connectivity index (χ2v) is 5.32. The van der Waals surface area contributed by atoms with Crippen LogP contribution in [0.15, 0.2) is 30.6 Å². The number of nitro benzene ring substituents is 1. The van der Waals surface area contributed by atoms with Crippen LogP contribution in [0, 0.1) is 20.2 Å². The Kier molecular flexibility index (Phi) is 5.57. The van der Waals surface area contributed by atoms with Gasteiger partial charge in [-0.3, -0.25) is 35.9 Å². The van der Waals surface area contributed by atoms with E-state index in [-0.39, 0.29) is 29.4 Å².